The number of H-pyrrole nitrogens is 1. The smallest absolute Gasteiger partial charge is 0.328 e. The van der Waals surface area contributed by atoms with Crippen molar-refractivity contribution in [2.45, 2.75) is 25.6 Å². The summed E-state index contributed by atoms with van der Waals surface area (Å²) < 4.78 is 1.30. The van der Waals surface area contributed by atoms with Crippen LogP contribution in [-0.2, 0) is 11.3 Å². The third-order valence-corrected chi connectivity index (χ3v) is 4.68. The van der Waals surface area contributed by atoms with Crippen molar-refractivity contribution >= 4 is 5.91 Å². The van der Waals surface area contributed by atoms with E-state index in [0.717, 1.165) is 5.69 Å². The SMILES string of the molecule is Cc1cn([C@@H]2CN(C(=O)CN(C)Cc3ccccn3)C[C@H]2O)c(=O)[nH]c1=O. The normalized spacial score (nSPS) is 19.6. The van der Waals surface area contributed by atoms with Crippen molar-refractivity contribution < 1.29 is 9.90 Å². The lowest BCUT2D eigenvalue weighted by Gasteiger charge is -2.21. The van der Waals surface area contributed by atoms with Crippen LogP contribution in [0.25, 0.3) is 0 Å². The number of carbonyl (C=O) groups excluding carboxylic acids is 1. The predicted octanol–water partition coefficient (Wildman–Crippen LogP) is -0.884. The van der Waals surface area contributed by atoms with Crippen molar-refractivity contribution in [3.8, 4) is 0 Å². The molecular weight excluding hydrogens is 350 g/mol. The highest BCUT2D eigenvalue weighted by atomic mass is 16.3. The summed E-state index contributed by atoms with van der Waals surface area (Å²) in [6, 6.07) is 5.03. The van der Waals surface area contributed by atoms with Gasteiger partial charge in [-0.15, -0.1) is 0 Å². The summed E-state index contributed by atoms with van der Waals surface area (Å²) in [7, 11) is 1.83. The number of nitrogens with one attached hydrogen (secondary N) is 1. The molecule has 1 amide bonds. The van der Waals surface area contributed by atoms with E-state index in [9.17, 15) is 19.5 Å². The maximum atomic E-state index is 12.6. The first-order valence-corrected chi connectivity index (χ1v) is 8.71. The minimum Gasteiger partial charge on any atom is -0.389 e. The molecule has 144 valence electrons. The van der Waals surface area contributed by atoms with Gasteiger partial charge in [-0.05, 0) is 26.1 Å². The number of pyridine rings is 1. The molecule has 0 aromatic carbocycles. The molecule has 0 bridgehead atoms. The number of likely N-dealkylation sites (N-methyl/N-ethyl adjacent to an activating group) is 1. The Morgan fingerprint density at radius 3 is 2.85 bits per heavy atom. The molecule has 2 atom stereocenters. The van der Waals surface area contributed by atoms with E-state index in [2.05, 4.69) is 9.97 Å². The number of nitrogens with zero attached hydrogens (tertiary/aromatic N) is 4. The molecule has 9 nitrogen and oxygen atoms in total. The van der Waals surface area contributed by atoms with Gasteiger partial charge < -0.3 is 10.0 Å². The molecule has 2 N–H and O–H groups in total. The van der Waals surface area contributed by atoms with E-state index < -0.39 is 23.4 Å². The number of aromatic amines is 1. The molecule has 3 rings (SSSR count). The van der Waals surface area contributed by atoms with Gasteiger partial charge in [-0.3, -0.25) is 29.0 Å². The highest BCUT2D eigenvalue weighted by Crippen LogP contribution is 2.21. The Labute approximate surface area is 155 Å². The number of β-amino-alcohol motifs (C(OH)–C–C–N with tert-alkyl or cyclic N) is 1. The maximum Gasteiger partial charge on any atom is 0.328 e. The Hall–Kier alpha value is -2.78. The van der Waals surface area contributed by atoms with Crippen LogP contribution < -0.4 is 11.2 Å². The Balaban J connectivity index is 1.65. The Morgan fingerprint density at radius 1 is 1.37 bits per heavy atom. The third kappa shape index (κ3) is 4.32. The van der Waals surface area contributed by atoms with Gasteiger partial charge in [0.25, 0.3) is 5.56 Å². The predicted molar refractivity (Wildman–Crippen MR) is 98.3 cm³/mol. The van der Waals surface area contributed by atoms with Gasteiger partial charge in [0.2, 0.25) is 5.91 Å². The largest absolute Gasteiger partial charge is 0.389 e. The topological polar surface area (TPSA) is 112 Å². The molecule has 0 unspecified atom stereocenters. The quantitative estimate of drug-likeness (QED) is 0.704. The number of aliphatic hydroxyl groups is 1. The first kappa shape index (κ1) is 19.0. The fourth-order valence-electron chi connectivity index (χ4n) is 3.23. The number of amides is 1. The standard InChI is InChI=1S/C18H23N5O4/c1-12-7-23(18(27)20-17(12)26)14-9-22(10-15(14)24)16(25)11-21(2)8-13-5-3-4-6-19-13/h3-7,14-15,24H,8-11H2,1-2H3,(H,20,26,27)/t14-,15-/m1/s1. The first-order chi connectivity index (χ1) is 12.8. The minimum atomic E-state index is -0.877. The highest BCUT2D eigenvalue weighted by molar-refractivity contribution is 5.78. The molecule has 0 aliphatic carbocycles. The molecule has 1 saturated heterocycles. The molecule has 0 radical (unpaired) electrons. The lowest BCUT2D eigenvalue weighted by Crippen LogP contribution is -2.39. The van der Waals surface area contributed by atoms with Crippen LogP contribution in [0.4, 0.5) is 0 Å². The van der Waals surface area contributed by atoms with Crippen LogP contribution in [0.1, 0.15) is 17.3 Å². The summed E-state index contributed by atoms with van der Waals surface area (Å²) in [4.78, 5) is 46.0. The van der Waals surface area contributed by atoms with Gasteiger partial charge in [0.05, 0.1) is 24.4 Å². The first-order valence-electron chi connectivity index (χ1n) is 8.71. The van der Waals surface area contributed by atoms with Gasteiger partial charge in [0, 0.05) is 37.6 Å². The minimum absolute atomic E-state index is 0.135. The van der Waals surface area contributed by atoms with E-state index in [-0.39, 0.29) is 25.5 Å². The van der Waals surface area contributed by atoms with E-state index in [1.54, 1.807) is 13.1 Å². The second-order valence-corrected chi connectivity index (χ2v) is 6.91. The second kappa shape index (κ2) is 7.85. The van der Waals surface area contributed by atoms with Crippen molar-refractivity contribution in [2.24, 2.45) is 0 Å². The number of likely N-dealkylation sites (tertiary alicyclic amines) is 1. The fraction of sp³-hybridized carbons (Fsp3) is 0.444. The van der Waals surface area contributed by atoms with Crippen LogP contribution in [-0.4, -0.2) is 68.1 Å². The monoisotopic (exact) mass is 373 g/mol. The number of aromatic nitrogens is 3. The van der Waals surface area contributed by atoms with E-state index in [1.165, 1.54) is 15.7 Å². The second-order valence-electron chi connectivity index (χ2n) is 6.91. The van der Waals surface area contributed by atoms with Crippen molar-refractivity contribution in [1.82, 2.24) is 24.3 Å². The average Bonchev–Trinajstić information content (AvgIpc) is 3.00. The van der Waals surface area contributed by atoms with Crippen LogP contribution in [0.2, 0.25) is 0 Å². The van der Waals surface area contributed by atoms with Crippen LogP contribution in [0, 0.1) is 6.92 Å². The van der Waals surface area contributed by atoms with Gasteiger partial charge in [-0.25, -0.2) is 4.79 Å². The summed E-state index contributed by atoms with van der Waals surface area (Å²) in [6.07, 6.45) is 2.25. The molecule has 1 aliphatic heterocycles. The van der Waals surface area contributed by atoms with E-state index in [0.29, 0.717) is 12.1 Å². The number of hydrogen-bond donors (Lipinski definition) is 2. The highest BCUT2D eigenvalue weighted by Gasteiger charge is 2.36. The van der Waals surface area contributed by atoms with E-state index in [4.69, 9.17) is 0 Å². The van der Waals surface area contributed by atoms with Crippen LogP contribution in [0.5, 0.6) is 0 Å². The van der Waals surface area contributed by atoms with E-state index in [1.807, 2.05) is 30.1 Å². The molecule has 9 heteroatoms. The number of hydrogen-bond acceptors (Lipinski definition) is 6. The van der Waals surface area contributed by atoms with Crippen LogP contribution in [0.3, 0.4) is 0 Å². The molecule has 1 fully saturated rings. The zero-order chi connectivity index (χ0) is 19.6. The molecule has 1 aliphatic rings. The van der Waals surface area contributed by atoms with Gasteiger partial charge in [-0.1, -0.05) is 6.07 Å². The van der Waals surface area contributed by atoms with Gasteiger partial charge in [0.15, 0.2) is 0 Å². The van der Waals surface area contributed by atoms with Gasteiger partial charge in [0.1, 0.15) is 0 Å². The average molecular weight is 373 g/mol. The number of carbonyl (C=O) groups is 1. The number of aliphatic hydroxyl groups excluding tert-OH is 1. The molecular formula is C18H23N5O4. The molecule has 27 heavy (non-hydrogen) atoms. The molecule has 3 heterocycles. The molecule has 0 spiro atoms. The fourth-order valence-corrected chi connectivity index (χ4v) is 3.23. The van der Waals surface area contributed by atoms with Crippen molar-refractivity contribution in [2.75, 3.05) is 26.7 Å². The van der Waals surface area contributed by atoms with Crippen molar-refractivity contribution in [3.05, 3.63) is 62.7 Å². The van der Waals surface area contributed by atoms with Gasteiger partial charge in [-0.2, -0.15) is 0 Å². The zero-order valence-electron chi connectivity index (χ0n) is 15.3. The lowest BCUT2D eigenvalue weighted by atomic mass is 10.2. The van der Waals surface area contributed by atoms with Crippen LogP contribution in [0.15, 0.2) is 40.2 Å². The van der Waals surface area contributed by atoms with E-state index >= 15 is 0 Å². The van der Waals surface area contributed by atoms with Crippen molar-refractivity contribution in [3.63, 3.8) is 0 Å². The lowest BCUT2D eigenvalue weighted by molar-refractivity contribution is -0.131. The molecule has 2 aromatic rings. The summed E-state index contributed by atoms with van der Waals surface area (Å²) in [5.74, 6) is -0.135. The Bertz CT molecular complexity index is 923. The maximum absolute atomic E-state index is 12.6. The summed E-state index contributed by atoms with van der Waals surface area (Å²) in [6.45, 7) is 2.65. The van der Waals surface area contributed by atoms with Crippen LogP contribution >= 0.6 is 0 Å². The molecule has 0 saturated carbocycles. The number of aryl methyl sites for hydroxylation is 1. The molecule has 2 aromatic heterocycles. The summed E-state index contributed by atoms with van der Waals surface area (Å²) in [5.41, 5.74) is 0.202. The summed E-state index contributed by atoms with van der Waals surface area (Å²) in [5, 5.41) is 10.3. The Morgan fingerprint density at radius 2 is 2.15 bits per heavy atom. The Kier molecular flexibility index (Phi) is 5.52. The number of rotatable bonds is 5. The zero-order valence-corrected chi connectivity index (χ0v) is 15.3. The summed E-state index contributed by atoms with van der Waals surface area (Å²) >= 11 is 0. The third-order valence-electron chi connectivity index (χ3n) is 4.68. The van der Waals surface area contributed by atoms with Gasteiger partial charge >= 0.3 is 5.69 Å². The van der Waals surface area contributed by atoms with Crippen molar-refractivity contribution in [1.29, 1.82) is 0 Å².